The van der Waals surface area contributed by atoms with Gasteiger partial charge in [0.05, 0.1) is 17.1 Å². The van der Waals surface area contributed by atoms with Crippen molar-refractivity contribution in [2.75, 3.05) is 31.9 Å². The molecule has 0 N–H and O–H groups in total. The summed E-state index contributed by atoms with van der Waals surface area (Å²) in [5, 5.41) is 0.537. The van der Waals surface area contributed by atoms with Gasteiger partial charge in [-0.2, -0.15) is 0 Å². The molecule has 32 heavy (non-hydrogen) atoms. The van der Waals surface area contributed by atoms with Gasteiger partial charge in [0, 0.05) is 43.3 Å². The summed E-state index contributed by atoms with van der Waals surface area (Å²) in [4.78, 5) is 29.1. The second-order valence-electron chi connectivity index (χ2n) is 8.89. The molecule has 2 aromatic rings. The van der Waals surface area contributed by atoms with Gasteiger partial charge in [0.1, 0.15) is 12.3 Å². The van der Waals surface area contributed by atoms with Crippen LogP contribution in [0.15, 0.2) is 35.4 Å². The highest BCUT2D eigenvalue weighted by Crippen LogP contribution is 2.27. The molecule has 9 heteroatoms. The number of sulfone groups is 1. The molecule has 2 unspecified atom stereocenters. The van der Waals surface area contributed by atoms with Crippen molar-refractivity contribution in [3.8, 4) is 0 Å². The zero-order chi connectivity index (χ0) is 22.9. The van der Waals surface area contributed by atoms with E-state index in [2.05, 4.69) is 0 Å². The van der Waals surface area contributed by atoms with Gasteiger partial charge in [-0.05, 0) is 39.2 Å². The first-order valence-corrected chi connectivity index (χ1v) is 12.9. The number of piperidine rings is 1. The monoisotopic (exact) mass is 461 g/mol. The highest BCUT2D eigenvalue weighted by atomic mass is 32.2. The van der Waals surface area contributed by atoms with Crippen LogP contribution in [0.5, 0.6) is 0 Å². The molecular formula is C23H31N3O5S. The van der Waals surface area contributed by atoms with E-state index >= 15 is 0 Å². The van der Waals surface area contributed by atoms with Crippen molar-refractivity contribution < 1.29 is 22.7 Å². The Balaban J connectivity index is 1.58. The first kappa shape index (κ1) is 22.8. The van der Waals surface area contributed by atoms with Crippen molar-refractivity contribution in [1.82, 2.24) is 14.4 Å². The Morgan fingerprint density at radius 3 is 2.31 bits per heavy atom. The van der Waals surface area contributed by atoms with Gasteiger partial charge in [-0.3, -0.25) is 9.59 Å². The summed E-state index contributed by atoms with van der Waals surface area (Å²) in [6.45, 7) is 6.16. The van der Waals surface area contributed by atoms with Crippen molar-refractivity contribution in [1.29, 1.82) is 0 Å². The largest absolute Gasteiger partial charge is 0.372 e. The maximum absolute atomic E-state index is 13.2. The van der Waals surface area contributed by atoms with Gasteiger partial charge in [0.15, 0.2) is 9.84 Å². The number of rotatable bonds is 5. The summed E-state index contributed by atoms with van der Waals surface area (Å²) in [5.41, 5.74) is 0.666. The summed E-state index contributed by atoms with van der Waals surface area (Å²) in [7, 11) is -3.85. The fourth-order valence-electron chi connectivity index (χ4n) is 4.69. The summed E-state index contributed by atoms with van der Waals surface area (Å²) < 4.78 is 33.8. The Labute approximate surface area is 189 Å². The number of likely N-dealkylation sites (tertiary alicyclic amines) is 1. The topological polar surface area (TPSA) is 88.9 Å². The van der Waals surface area contributed by atoms with Crippen LogP contribution in [-0.2, 0) is 30.7 Å². The van der Waals surface area contributed by atoms with Gasteiger partial charge >= 0.3 is 0 Å². The van der Waals surface area contributed by atoms with E-state index in [4.69, 9.17) is 4.74 Å². The lowest BCUT2D eigenvalue weighted by molar-refractivity contribution is -0.143. The lowest BCUT2D eigenvalue weighted by atomic mass is 10.1. The van der Waals surface area contributed by atoms with E-state index < -0.39 is 15.6 Å². The summed E-state index contributed by atoms with van der Waals surface area (Å²) in [6, 6.07) is 7.12. The van der Waals surface area contributed by atoms with Gasteiger partial charge in [-0.25, -0.2) is 8.42 Å². The molecule has 2 aliphatic heterocycles. The number of para-hydroxylation sites is 1. The van der Waals surface area contributed by atoms with Crippen molar-refractivity contribution in [2.24, 2.45) is 0 Å². The standard InChI is InChI=1S/C23H31N3O5S/c1-17-12-26(13-18(2)31-17)22(27)15-25-14-21(19-8-4-5-9-20(19)25)32(29,30)16-23(28)24-10-6-3-7-11-24/h4-5,8-9,14,17-18H,3,6-7,10-13,15-16H2,1-2H3. The maximum Gasteiger partial charge on any atom is 0.242 e. The first-order chi connectivity index (χ1) is 15.2. The van der Waals surface area contributed by atoms with E-state index in [0.29, 0.717) is 37.1 Å². The lowest BCUT2D eigenvalue weighted by Crippen LogP contribution is -2.49. The number of ether oxygens (including phenoxy) is 1. The second kappa shape index (κ2) is 9.23. The highest BCUT2D eigenvalue weighted by Gasteiger charge is 2.29. The Bertz CT molecular complexity index is 1090. The number of morpholine rings is 1. The number of carbonyl (C=O) groups is 2. The van der Waals surface area contributed by atoms with Crippen LogP contribution in [0.4, 0.5) is 0 Å². The number of hydrogen-bond acceptors (Lipinski definition) is 5. The second-order valence-corrected chi connectivity index (χ2v) is 10.9. The molecule has 174 valence electrons. The molecule has 8 nitrogen and oxygen atoms in total. The first-order valence-electron chi connectivity index (χ1n) is 11.3. The highest BCUT2D eigenvalue weighted by molar-refractivity contribution is 7.92. The Kier molecular flexibility index (Phi) is 6.57. The molecule has 0 saturated carbocycles. The summed E-state index contributed by atoms with van der Waals surface area (Å²) >= 11 is 0. The molecule has 0 aliphatic carbocycles. The number of carbonyl (C=O) groups excluding carboxylic acids is 2. The minimum atomic E-state index is -3.85. The average molecular weight is 462 g/mol. The molecule has 2 atom stereocenters. The third kappa shape index (κ3) is 4.83. The molecule has 2 amide bonds. The Hall–Kier alpha value is -2.39. The predicted octanol–water partition coefficient (Wildman–Crippen LogP) is 2.06. The smallest absolute Gasteiger partial charge is 0.242 e. The molecule has 3 heterocycles. The summed E-state index contributed by atoms with van der Waals surface area (Å²) in [5.74, 6) is -0.983. The zero-order valence-electron chi connectivity index (χ0n) is 18.7. The number of amides is 2. The Morgan fingerprint density at radius 2 is 1.62 bits per heavy atom. The summed E-state index contributed by atoms with van der Waals surface area (Å²) in [6.07, 6.45) is 4.31. The quantitative estimate of drug-likeness (QED) is 0.680. The van der Waals surface area contributed by atoms with Crippen LogP contribution in [0.3, 0.4) is 0 Å². The SMILES string of the molecule is CC1CN(C(=O)Cn2cc(S(=O)(=O)CC(=O)N3CCCCC3)c3ccccc32)CC(C)O1. The van der Waals surface area contributed by atoms with Crippen molar-refractivity contribution in [3.63, 3.8) is 0 Å². The van der Waals surface area contributed by atoms with E-state index in [0.717, 1.165) is 19.3 Å². The molecular weight excluding hydrogens is 430 g/mol. The Morgan fingerprint density at radius 1 is 0.969 bits per heavy atom. The van der Waals surface area contributed by atoms with Gasteiger partial charge in [0.2, 0.25) is 11.8 Å². The van der Waals surface area contributed by atoms with Crippen LogP contribution < -0.4 is 0 Å². The fraction of sp³-hybridized carbons (Fsp3) is 0.565. The van der Waals surface area contributed by atoms with Crippen molar-refractivity contribution in [3.05, 3.63) is 30.5 Å². The van der Waals surface area contributed by atoms with E-state index in [9.17, 15) is 18.0 Å². The minimum absolute atomic E-state index is 0.0372. The van der Waals surface area contributed by atoms with E-state index in [1.807, 2.05) is 19.9 Å². The minimum Gasteiger partial charge on any atom is -0.372 e. The average Bonchev–Trinajstić information content (AvgIpc) is 3.13. The third-order valence-electron chi connectivity index (χ3n) is 6.19. The fourth-order valence-corrected chi connectivity index (χ4v) is 6.15. The number of fused-ring (bicyclic) bond motifs is 1. The van der Waals surface area contributed by atoms with Crippen LogP contribution in [0.25, 0.3) is 10.9 Å². The molecule has 2 fully saturated rings. The van der Waals surface area contributed by atoms with Crippen molar-refractivity contribution in [2.45, 2.75) is 56.8 Å². The van der Waals surface area contributed by atoms with E-state index in [1.54, 1.807) is 32.6 Å². The number of benzene rings is 1. The normalized spacial score (nSPS) is 22.3. The van der Waals surface area contributed by atoms with Gasteiger partial charge in [0.25, 0.3) is 0 Å². The molecule has 4 rings (SSSR count). The van der Waals surface area contributed by atoms with Gasteiger partial charge < -0.3 is 19.1 Å². The predicted molar refractivity (Wildman–Crippen MR) is 121 cm³/mol. The molecule has 2 saturated heterocycles. The number of nitrogens with zero attached hydrogens (tertiary/aromatic N) is 3. The number of hydrogen-bond donors (Lipinski definition) is 0. The third-order valence-corrected chi connectivity index (χ3v) is 7.81. The van der Waals surface area contributed by atoms with Crippen molar-refractivity contribution >= 4 is 32.6 Å². The van der Waals surface area contributed by atoms with Gasteiger partial charge in [-0.15, -0.1) is 0 Å². The molecule has 1 aromatic carbocycles. The van der Waals surface area contributed by atoms with Crippen LogP contribution in [0.1, 0.15) is 33.1 Å². The van der Waals surface area contributed by atoms with Crippen LogP contribution in [-0.4, -0.2) is 78.7 Å². The molecule has 0 radical (unpaired) electrons. The number of aromatic nitrogens is 1. The molecule has 0 spiro atoms. The van der Waals surface area contributed by atoms with E-state index in [1.165, 1.54) is 6.20 Å². The maximum atomic E-state index is 13.2. The molecule has 2 aliphatic rings. The molecule has 0 bridgehead atoms. The van der Waals surface area contributed by atoms with Crippen LogP contribution in [0.2, 0.25) is 0 Å². The molecule has 1 aromatic heterocycles. The van der Waals surface area contributed by atoms with Gasteiger partial charge in [-0.1, -0.05) is 18.2 Å². The van der Waals surface area contributed by atoms with E-state index in [-0.39, 0.29) is 35.5 Å². The zero-order valence-corrected chi connectivity index (χ0v) is 19.5. The lowest BCUT2D eigenvalue weighted by Gasteiger charge is -2.35. The van der Waals surface area contributed by atoms with Crippen LogP contribution >= 0.6 is 0 Å². The van der Waals surface area contributed by atoms with Crippen LogP contribution in [0, 0.1) is 0 Å².